The van der Waals surface area contributed by atoms with Crippen molar-refractivity contribution in [2.75, 3.05) is 11.9 Å². The molecule has 0 saturated heterocycles. The van der Waals surface area contributed by atoms with Crippen LogP contribution < -0.4 is 10.1 Å². The number of anilines is 1. The summed E-state index contributed by atoms with van der Waals surface area (Å²) in [5.41, 5.74) is 2.57. The van der Waals surface area contributed by atoms with Crippen molar-refractivity contribution >= 4 is 17.7 Å². The summed E-state index contributed by atoms with van der Waals surface area (Å²) in [4.78, 5) is 12.2. The zero-order valence-electron chi connectivity index (χ0n) is 13.2. The molecule has 2 aromatic carbocycles. The van der Waals surface area contributed by atoms with Crippen molar-refractivity contribution in [1.29, 1.82) is 5.26 Å². The van der Waals surface area contributed by atoms with Crippen LogP contribution in [0, 0.1) is 18.3 Å². The second-order valence-electron chi connectivity index (χ2n) is 5.00. The maximum atomic E-state index is 12.2. The number of benzene rings is 2. The number of nitrogens with one attached hydrogen (secondary N) is 1. The molecular formula is C19H18N2O2. The molecule has 2 rings (SSSR count). The molecule has 0 bridgehead atoms. The fourth-order valence-electron chi connectivity index (χ4n) is 2.07. The van der Waals surface area contributed by atoms with Gasteiger partial charge in [-0.1, -0.05) is 29.8 Å². The van der Waals surface area contributed by atoms with E-state index in [0.717, 1.165) is 16.9 Å². The summed E-state index contributed by atoms with van der Waals surface area (Å²) in [5, 5.41) is 11.9. The molecule has 0 unspecified atom stereocenters. The lowest BCUT2D eigenvalue weighted by atomic mass is 10.1. The largest absolute Gasteiger partial charge is 0.494 e. The molecule has 4 nitrogen and oxygen atoms in total. The van der Waals surface area contributed by atoms with Gasteiger partial charge in [-0.15, -0.1) is 0 Å². The van der Waals surface area contributed by atoms with Gasteiger partial charge in [-0.05, 0) is 49.8 Å². The number of hydrogen-bond acceptors (Lipinski definition) is 3. The molecule has 0 fully saturated rings. The monoisotopic (exact) mass is 306 g/mol. The van der Waals surface area contributed by atoms with Gasteiger partial charge in [0.05, 0.1) is 6.61 Å². The van der Waals surface area contributed by atoms with Gasteiger partial charge < -0.3 is 10.1 Å². The first-order valence-corrected chi connectivity index (χ1v) is 7.35. The number of hydrogen-bond donors (Lipinski definition) is 1. The Morgan fingerprint density at radius 1 is 1.26 bits per heavy atom. The van der Waals surface area contributed by atoms with E-state index in [0.29, 0.717) is 12.3 Å². The van der Waals surface area contributed by atoms with E-state index in [1.54, 1.807) is 30.3 Å². The first-order valence-electron chi connectivity index (χ1n) is 7.35. The summed E-state index contributed by atoms with van der Waals surface area (Å²) >= 11 is 0. The third kappa shape index (κ3) is 4.72. The third-order valence-electron chi connectivity index (χ3n) is 3.14. The minimum Gasteiger partial charge on any atom is -0.494 e. The maximum absolute atomic E-state index is 12.2. The fourth-order valence-corrected chi connectivity index (χ4v) is 2.07. The van der Waals surface area contributed by atoms with Gasteiger partial charge in [0, 0.05) is 5.69 Å². The number of rotatable bonds is 5. The van der Waals surface area contributed by atoms with E-state index in [2.05, 4.69) is 5.32 Å². The Hall–Kier alpha value is -3.06. The Balaban J connectivity index is 2.12. The van der Waals surface area contributed by atoms with Crippen LogP contribution in [0.1, 0.15) is 18.1 Å². The quantitative estimate of drug-likeness (QED) is 0.672. The first-order chi connectivity index (χ1) is 11.1. The second-order valence-corrected chi connectivity index (χ2v) is 5.00. The van der Waals surface area contributed by atoms with Crippen LogP contribution >= 0.6 is 0 Å². The predicted octanol–water partition coefficient (Wildman–Crippen LogP) is 3.94. The van der Waals surface area contributed by atoms with E-state index in [-0.39, 0.29) is 5.57 Å². The lowest BCUT2D eigenvalue weighted by Crippen LogP contribution is -2.13. The number of carbonyl (C=O) groups is 1. The highest BCUT2D eigenvalue weighted by atomic mass is 16.5. The second kappa shape index (κ2) is 7.81. The van der Waals surface area contributed by atoms with Crippen LogP contribution in [0.4, 0.5) is 5.69 Å². The van der Waals surface area contributed by atoms with E-state index in [1.807, 2.05) is 44.2 Å². The van der Waals surface area contributed by atoms with E-state index in [9.17, 15) is 10.1 Å². The Bertz CT molecular complexity index is 756. The van der Waals surface area contributed by atoms with E-state index < -0.39 is 5.91 Å². The van der Waals surface area contributed by atoms with Crippen LogP contribution in [0.15, 0.2) is 54.1 Å². The minimum absolute atomic E-state index is 0.0597. The number of amides is 1. The van der Waals surface area contributed by atoms with Gasteiger partial charge in [-0.25, -0.2) is 0 Å². The average molecular weight is 306 g/mol. The lowest BCUT2D eigenvalue weighted by molar-refractivity contribution is -0.112. The molecule has 0 aliphatic heterocycles. The number of ether oxygens (including phenoxy) is 1. The van der Waals surface area contributed by atoms with Crippen molar-refractivity contribution in [3.8, 4) is 11.8 Å². The average Bonchev–Trinajstić information content (AvgIpc) is 2.54. The highest BCUT2D eigenvalue weighted by molar-refractivity contribution is 6.09. The zero-order valence-corrected chi connectivity index (χ0v) is 13.2. The van der Waals surface area contributed by atoms with Gasteiger partial charge in [-0.2, -0.15) is 5.26 Å². The summed E-state index contributed by atoms with van der Waals surface area (Å²) in [5.74, 6) is 0.305. The van der Waals surface area contributed by atoms with Gasteiger partial charge in [0.15, 0.2) is 0 Å². The zero-order chi connectivity index (χ0) is 16.7. The molecule has 0 aliphatic rings. The van der Waals surface area contributed by atoms with Crippen molar-refractivity contribution in [3.05, 3.63) is 65.2 Å². The Kier molecular flexibility index (Phi) is 5.54. The van der Waals surface area contributed by atoms with Crippen molar-refractivity contribution in [1.82, 2.24) is 0 Å². The SMILES string of the molecule is CCOc1ccc(NC(=O)/C(C#N)=C\c2cccc(C)c2)cc1. The molecule has 0 aliphatic carbocycles. The van der Waals surface area contributed by atoms with Crippen LogP contribution in [0.25, 0.3) is 6.08 Å². The summed E-state index contributed by atoms with van der Waals surface area (Å²) in [6, 6.07) is 16.6. The number of nitriles is 1. The predicted molar refractivity (Wildman–Crippen MR) is 91.0 cm³/mol. The topological polar surface area (TPSA) is 62.1 Å². The standard InChI is InChI=1S/C19H18N2O2/c1-3-23-18-9-7-17(8-10-18)21-19(22)16(13-20)12-15-6-4-5-14(2)11-15/h4-12H,3H2,1-2H3,(H,21,22)/b16-12-. The Morgan fingerprint density at radius 2 is 2.00 bits per heavy atom. The lowest BCUT2D eigenvalue weighted by Gasteiger charge is -2.06. The van der Waals surface area contributed by atoms with Crippen LogP contribution in [-0.2, 0) is 4.79 Å². The van der Waals surface area contributed by atoms with E-state index >= 15 is 0 Å². The van der Waals surface area contributed by atoms with Crippen LogP contribution in [0.3, 0.4) is 0 Å². The molecule has 0 aromatic heterocycles. The Labute approximate surface area is 136 Å². The van der Waals surface area contributed by atoms with Gasteiger partial charge in [0.2, 0.25) is 0 Å². The smallest absolute Gasteiger partial charge is 0.266 e. The molecule has 0 heterocycles. The molecule has 0 saturated carbocycles. The van der Waals surface area contributed by atoms with Gasteiger partial charge >= 0.3 is 0 Å². The summed E-state index contributed by atoms with van der Waals surface area (Å²) in [6.45, 7) is 4.46. The number of carbonyl (C=O) groups excluding carboxylic acids is 1. The molecule has 1 N–H and O–H groups in total. The van der Waals surface area contributed by atoms with Gasteiger partial charge in [0.25, 0.3) is 5.91 Å². The summed E-state index contributed by atoms with van der Waals surface area (Å²) < 4.78 is 5.35. The minimum atomic E-state index is -0.432. The fraction of sp³-hybridized carbons (Fsp3) is 0.158. The maximum Gasteiger partial charge on any atom is 0.266 e. The third-order valence-corrected chi connectivity index (χ3v) is 3.14. The molecule has 0 atom stereocenters. The molecule has 4 heteroatoms. The molecule has 1 amide bonds. The molecule has 0 spiro atoms. The summed E-state index contributed by atoms with van der Waals surface area (Å²) in [7, 11) is 0. The summed E-state index contributed by atoms with van der Waals surface area (Å²) in [6.07, 6.45) is 1.58. The first kappa shape index (κ1) is 16.3. The normalized spacial score (nSPS) is 10.7. The van der Waals surface area contributed by atoms with Crippen LogP contribution in [-0.4, -0.2) is 12.5 Å². The molecule has 116 valence electrons. The molecule has 2 aromatic rings. The van der Waals surface area contributed by atoms with Gasteiger partial charge in [-0.3, -0.25) is 4.79 Å². The van der Waals surface area contributed by atoms with Crippen molar-refractivity contribution in [3.63, 3.8) is 0 Å². The van der Waals surface area contributed by atoms with Crippen LogP contribution in [0.2, 0.25) is 0 Å². The highest BCUT2D eigenvalue weighted by Gasteiger charge is 2.09. The Morgan fingerprint density at radius 3 is 2.61 bits per heavy atom. The van der Waals surface area contributed by atoms with Gasteiger partial charge in [0.1, 0.15) is 17.4 Å². The number of nitrogens with zero attached hydrogens (tertiary/aromatic N) is 1. The number of aryl methyl sites for hydroxylation is 1. The van der Waals surface area contributed by atoms with Crippen molar-refractivity contribution < 1.29 is 9.53 Å². The van der Waals surface area contributed by atoms with E-state index in [4.69, 9.17) is 4.74 Å². The highest BCUT2D eigenvalue weighted by Crippen LogP contribution is 2.17. The molecule has 23 heavy (non-hydrogen) atoms. The molecular weight excluding hydrogens is 288 g/mol. The van der Waals surface area contributed by atoms with Crippen molar-refractivity contribution in [2.24, 2.45) is 0 Å². The molecule has 0 radical (unpaired) electrons. The van der Waals surface area contributed by atoms with E-state index in [1.165, 1.54) is 0 Å². The van der Waals surface area contributed by atoms with Crippen molar-refractivity contribution in [2.45, 2.75) is 13.8 Å². The van der Waals surface area contributed by atoms with Crippen LogP contribution in [0.5, 0.6) is 5.75 Å².